The van der Waals surface area contributed by atoms with Crippen LogP contribution in [0, 0.1) is 0 Å². The van der Waals surface area contributed by atoms with Gasteiger partial charge in [0.2, 0.25) is 10.0 Å². The van der Waals surface area contributed by atoms with Crippen molar-refractivity contribution < 1.29 is 13.2 Å². The predicted molar refractivity (Wildman–Crippen MR) is 79.5 cm³/mol. The summed E-state index contributed by atoms with van der Waals surface area (Å²) in [4.78, 5) is 0.221. The zero-order chi connectivity index (χ0) is 15.3. The van der Waals surface area contributed by atoms with Crippen molar-refractivity contribution >= 4 is 10.0 Å². The van der Waals surface area contributed by atoms with Gasteiger partial charge in [-0.05, 0) is 26.3 Å². The highest BCUT2D eigenvalue weighted by Crippen LogP contribution is 2.16. The fourth-order valence-electron chi connectivity index (χ4n) is 2.37. The van der Waals surface area contributed by atoms with Crippen LogP contribution in [0.2, 0.25) is 0 Å². The first-order chi connectivity index (χ1) is 10.0. The highest BCUT2D eigenvalue weighted by molar-refractivity contribution is 7.89. The maximum absolute atomic E-state index is 12.3. The van der Waals surface area contributed by atoms with Crippen molar-refractivity contribution in [2.75, 3.05) is 19.7 Å². The Morgan fingerprint density at radius 2 is 2.33 bits per heavy atom. The van der Waals surface area contributed by atoms with Gasteiger partial charge in [-0.25, -0.2) is 13.1 Å². The average molecular weight is 316 g/mol. The Hall–Kier alpha value is -0.960. The van der Waals surface area contributed by atoms with Crippen molar-refractivity contribution in [1.82, 2.24) is 19.8 Å². The first-order valence-electron chi connectivity index (χ1n) is 7.38. The number of nitrogens with zero attached hydrogens (tertiary/aromatic N) is 2. The largest absolute Gasteiger partial charge is 0.378 e. The lowest BCUT2D eigenvalue weighted by Gasteiger charge is -2.27. The van der Waals surface area contributed by atoms with Crippen molar-refractivity contribution in [3.05, 3.63) is 12.4 Å². The summed E-state index contributed by atoms with van der Waals surface area (Å²) in [5.41, 5.74) is 0. The van der Waals surface area contributed by atoms with E-state index in [0.717, 1.165) is 13.1 Å². The van der Waals surface area contributed by atoms with Crippen LogP contribution in [0.15, 0.2) is 17.3 Å². The maximum Gasteiger partial charge on any atom is 0.243 e. The minimum Gasteiger partial charge on any atom is -0.378 e. The van der Waals surface area contributed by atoms with Crippen LogP contribution in [-0.2, 0) is 21.3 Å². The molecule has 1 aromatic rings. The molecule has 0 bridgehead atoms. The Bertz CT molecular complexity index is 543. The van der Waals surface area contributed by atoms with E-state index in [2.05, 4.69) is 15.1 Å². The number of hydrogen-bond acceptors (Lipinski definition) is 5. The Morgan fingerprint density at radius 3 is 3.05 bits per heavy atom. The van der Waals surface area contributed by atoms with E-state index in [9.17, 15) is 8.42 Å². The lowest BCUT2D eigenvalue weighted by Crippen LogP contribution is -2.41. The van der Waals surface area contributed by atoms with E-state index >= 15 is 0 Å². The van der Waals surface area contributed by atoms with Gasteiger partial charge in [0, 0.05) is 25.4 Å². The summed E-state index contributed by atoms with van der Waals surface area (Å²) in [7, 11) is -3.50. The standard InChI is InChI=1S/C13H24N4O3S/c1-3-14-5-6-17-10-13(9-15-17)21(18,19)16-12-4-7-20-11(2)8-12/h9-12,14,16H,3-8H2,1-2H3. The second-order valence-electron chi connectivity index (χ2n) is 5.32. The molecule has 0 aromatic carbocycles. The summed E-state index contributed by atoms with van der Waals surface area (Å²) in [5, 5.41) is 7.27. The molecule has 2 atom stereocenters. The zero-order valence-electron chi connectivity index (χ0n) is 12.6. The lowest BCUT2D eigenvalue weighted by atomic mass is 10.1. The van der Waals surface area contributed by atoms with Crippen molar-refractivity contribution in [2.45, 2.75) is 50.3 Å². The topological polar surface area (TPSA) is 85.2 Å². The van der Waals surface area contributed by atoms with E-state index in [-0.39, 0.29) is 17.0 Å². The number of sulfonamides is 1. The number of nitrogens with one attached hydrogen (secondary N) is 2. The van der Waals surface area contributed by atoms with Crippen molar-refractivity contribution in [2.24, 2.45) is 0 Å². The fraction of sp³-hybridized carbons (Fsp3) is 0.769. The van der Waals surface area contributed by atoms with Crippen molar-refractivity contribution in [3.63, 3.8) is 0 Å². The van der Waals surface area contributed by atoms with Crippen LogP contribution in [0.1, 0.15) is 26.7 Å². The second-order valence-corrected chi connectivity index (χ2v) is 7.03. The van der Waals surface area contributed by atoms with Crippen molar-refractivity contribution in [1.29, 1.82) is 0 Å². The smallest absolute Gasteiger partial charge is 0.243 e. The van der Waals surface area contributed by atoms with Crippen LogP contribution in [0.25, 0.3) is 0 Å². The summed E-state index contributed by atoms with van der Waals surface area (Å²) in [5.74, 6) is 0. The quantitative estimate of drug-likeness (QED) is 0.709. The number of ether oxygens (including phenoxy) is 1. The molecule has 0 aliphatic carbocycles. The summed E-state index contributed by atoms with van der Waals surface area (Å²) in [6.45, 7) is 6.88. The predicted octanol–water partition coefficient (Wildman–Crippen LogP) is 0.338. The molecule has 2 unspecified atom stereocenters. The highest BCUT2D eigenvalue weighted by Gasteiger charge is 2.25. The summed E-state index contributed by atoms with van der Waals surface area (Å²) >= 11 is 0. The van der Waals surface area contributed by atoms with Crippen molar-refractivity contribution in [3.8, 4) is 0 Å². The molecule has 1 saturated heterocycles. The number of aromatic nitrogens is 2. The molecule has 8 heteroatoms. The third-order valence-corrected chi connectivity index (χ3v) is 4.97. The van der Waals surface area contributed by atoms with Gasteiger partial charge in [-0.1, -0.05) is 6.92 Å². The Kier molecular flexibility index (Phi) is 5.74. The average Bonchev–Trinajstić information content (AvgIpc) is 2.88. The lowest BCUT2D eigenvalue weighted by molar-refractivity contribution is 0.0173. The third kappa shape index (κ3) is 4.77. The normalized spacial score (nSPS) is 23.3. The Balaban J connectivity index is 1.95. The molecular formula is C13H24N4O3S. The van der Waals surface area contributed by atoms with Crippen LogP contribution in [-0.4, -0.2) is 50.0 Å². The summed E-state index contributed by atoms with van der Waals surface area (Å²) < 4.78 is 34.5. The van der Waals surface area contributed by atoms with Gasteiger partial charge in [0.05, 0.1) is 18.8 Å². The molecule has 1 aliphatic rings. The first-order valence-corrected chi connectivity index (χ1v) is 8.86. The van der Waals surface area contributed by atoms with E-state index in [4.69, 9.17) is 4.74 Å². The Morgan fingerprint density at radius 1 is 1.52 bits per heavy atom. The van der Waals surface area contributed by atoms with Gasteiger partial charge in [0.25, 0.3) is 0 Å². The van der Waals surface area contributed by atoms with Crippen LogP contribution in [0.4, 0.5) is 0 Å². The van der Waals surface area contributed by atoms with Gasteiger partial charge < -0.3 is 10.1 Å². The summed E-state index contributed by atoms with van der Waals surface area (Å²) in [6.07, 6.45) is 4.47. The molecule has 21 heavy (non-hydrogen) atoms. The maximum atomic E-state index is 12.3. The number of hydrogen-bond donors (Lipinski definition) is 2. The molecule has 2 N–H and O–H groups in total. The number of likely N-dealkylation sites (N-methyl/N-ethyl adjacent to an activating group) is 1. The van der Waals surface area contributed by atoms with E-state index in [0.29, 0.717) is 26.0 Å². The number of rotatable bonds is 7. The highest BCUT2D eigenvalue weighted by atomic mass is 32.2. The van der Waals surface area contributed by atoms with E-state index in [1.807, 2.05) is 13.8 Å². The molecular weight excluding hydrogens is 292 g/mol. The van der Waals surface area contributed by atoms with Crippen LogP contribution in [0.5, 0.6) is 0 Å². The molecule has 120 valence electrons. The molecule has 0 spiro atoms. The van der Waals surface area contributed by atoms with Gasteiger partial charge in [0.15, 0.2) is 0 Å². The van der Waals surface area contributed by atoms with Crippen LogP contribution < -0.4 is 10.0 Å². The zero-order valence-corrected chi connectivity index (χ0v) is 13.4. The molecule has 2 heterocycles. The van der Waals surface area contributed by atoms with Crippen LogP contribution >= 0.6 is 0 Å². The Labute approximate surface area is 126 Å². The molecule has 1 aromatic heterocycles. The first kappa shape index (κ1) is 16.4. The van der Waals surface area contributed by atoms with Gasteiger partial charge >= 0.3 is 0 Å². The molecule has 0 amide bonds. The minimum absolute atomic E-state index is 0.0659. The fourth-order valence-corrected chi connectivity index (χ4v) is 3.60. The third-order valence-electron chi connectivity index (χ3n) is 3.49. The van der Waals surface area contributed by atoms with Gasteiger partial charge in [-0.2, -0.15) is 5.10 Å². The SMILES string of the molecule is CCNCCn1cc(S(=O)(=O)NC2CCOC(C)C2)cn1. The minimum atomic E-state index is -3.50. The molecule has 7 nitrogen and oxygen atoms in total. The molecule has 2 rings (SSSR count). The molecule has 0 radical (unpaired) electrons. The van der Waals surface area contributed by atoms with Gasteiger partial charge in [-0.3, -0.25) is 4.68 Å². The van der Waals surface area contributed by atoms with Crippen LogP contribution in [0.3, 0.4) is 0 Å². The van der Waals surface area contributed by atoms with Gasteiger partial charge in [0.1, 0.15) is 4.90 Å². The molecule has 0 saturated carbocycles. The molecule has 1 fully saturated rings. The summed E-state index contributed by atoms with van der Waals surface area (Å²) in [6, 6.07) is -0.0659. The second kappa shape index (κ2) is 7.35. The van der Waals surface area contributed by atoms with Gasteiger partial charge in [-0.15, -0.1) is 0 Å². The van der Waals surface area contributed by atoms with E-state index in [1.54, 1.807) is 10.9 Å². The monoisotopic (exact) mass is 316 g/mol. The van der Waals surface area contributed by atoms with E-state index < -0.39 is 10.0 Å². The van der Waals surface area contributed by atoms with E-state index in [1.165, 1.54) is 6.20 Å². The molecule has 1 aliphatic heterocycles.